The lowest BCUT2D eigenvalue weighted by Gasteiger charge is -2.20. The first-order valence-corrected chi connectivity index (χ1v) is 9.40. The second kappa shape index (κ2) is 9.48. The number of carbonyl (C=O) groups excluding carboxylic acids is 2. The van der Waals surface area contributed by atoms with Crippen LogP contribution in [-0.4, -0.2) is 34.9 Å². The van der Waals surface area contributed by atoms with Gasteiger partial charge in [-0.3, -0.25) is 4.79 Å². The number of thiazole rings is 1. The molecular formula is C20H17N3O4S. The van der Waals surface area contributed by atoms with Crippen molar-refractivity contribution in [3.05, 3.63) is 65.6 Å². The van der Waals surface area contributed by atoms with Crippen molar-refractivity contribution in [1.29, 1.82) is 5.26 Å². The number of hydrogen-bond donors (Lipinski definition) is 0. The number of amides is 1. The number of carbonyl (C=O) groups is 2. The van der Waals surface area contributed by atoms with Gasteiger partial charge in [-0.15, -0.1) is 11.3 Å². The van der Waals surface area contributed by atoms with Crippen molar-refractivity contribution >= 4 is 23.2 Å². The number of nitrogens with zero attached hydrogens (tertiary/aromatic N) is 3. The minimum atomic E-state index is -0.662. The maximum absolute atomic E-state index is 12.4. The Bertz CT molecular complexity index is 961. The SMILES string of the molecule is N#CCCN(Cc1ccco1)C(=O)COC(=O)c1csc(-c2ccccc2)n1. The van der Waals surface area contributed by atoms with Crippen LogP contribution in [0.2, 0.25) is 0 Å². The van der Waals surface area contributed by atoms with Crippen molar-refractivity contribution in [2.75, 3.05) is 13.2 Å². The third-order valence-electron chi connectivity index (χ3n) is 3.83. The Morgan fingerprint density at radius 1 is 1.21 bits per heavy atom. The van der Waals surface area contributed by atoms with Crippen molar-refractivity contribution in [2.45, 2.75) is 13.0 Å². The Morgan fingerprint density at radius 3 is 2.75 bits per heavy atom. The van der Waals surface area contributed by atoms with Crippen LogP contribution in [0, 0.1) is 11.3 Å². The zero-order valence-electron chi connectivity index (χ0n) is 14.9. The summed E-state index contributed by atoms with van der Waals surface area (Å²) in [7, 11) is 0. The molecule has 0 saturated heterocycles. The van der Waals surface area contributed by atoms with Crippen molar-refractivity contribution < 1.29 is 18.7 Å². The molecule has 28 heavy (non-hydrogen) atoms. The van der Waals surface area contributed by atoms with Crippen molar-refractivity contribution in [2.24, 2.45) is 0 Å². The standard InChI is InChI=1S/C20H17N3O4S/c21-9-5-10-23(12-16-8-4-11-26-16)18(24)13-27-20(25)17-14-28-19(22-17)15-6-2-1-3-7-15/h1-4,6-8,11,14H,5,10,12-13H2. The molecule has 0 N–H and O–H groups in total. The van der Waals surface area contributed by atoms with Gasteiger partial charge in [-0.1, -0.05) is 30.3 Å². The Balaban J connectivity index is 1.58. The average molecular weight is 395 g/mol. The molecule has 0 aliphatic rings. The van der Waals surface area contributed by atoms with Gasteiger partial charge in [-0.2, -0.15) is 5.26 Å². The van der Waals surface area contributed by atoms with Gasteiger partial charge in [0.1, 0.15) is 10.8 Å². The monoisotopic (exact) mass is 395 g/mol. The highest BCUT2D eigenvalue weighted by atomic mass is 32.1. The maximum Gasteiger partial charge on any atom is 0.358 e. The predicted molar refractivity (Wildman–Crippen MR) is 102 cm³/mol. The van der Waals surface area contributed by atoms with E-state index >= 15 is 0 Å². The maximum atomic E-state index is 12.4. The number of hydrogen-bond acceptors (Lipinski definition) is 7. The van der Waals surface area contributed by atoms with Gasteiger partial charge in [-0.25, -0.2) is 9.78 Å². The van der Waals surface area contributed by atoms with Crippen molar-refractivity contribution in [1.82, 2.24) is 9.88 Å². The lowest BCUT2D eigenvalue weighted by atomic mass is 10.2. The van der Waals surface area contributed by atoms with Gasteiger partial charge in [0.05, 0.1) is 25.3 Å². The van der Waals surface area contributed by atoms with Gasteiger partial charge < -0.3 is 14.1 Å². The second-order valence-electron chi connectivity index (χ2n) is 5.78. The third kappa shape index (κ3) is 5.05. The molecule has 2 heterocycles. The van der Waals surface area contributed by atoms with Crippen LogP contribution in [0.1, 0.15) is 22.7 Å². The van der Waals surface area contributed by atoms with Crippen LogP contribution in [0.4, 0.5) is 0 Å². The molecule has 0 unspecified atom stereocenters. The zero-order valence-corrected chi connectivity index (χ0v) is 15.7. The molecule has 3 rings (SSSR count). The first-order valence-electron chi connectivity index (χ1n) is 8.52. The summed E-state index contributed by atoms with van der Waals surface area (Å²) in [5, 5.41) is 11.1. The number of furan rings is 1. The molecule has 142 valence electrons. The lowest BCUT2D eigenvalue weighted by molar-refractivity contribution is -0.135. The summed E-state index contributed by atoms with van der Waals surface area (Å²) in [5.41, 5.74) is 1.06. The van der Waals surface area contributed by atoms with E-state index in [1.807, 2.05) is 36.4 Å². The fraction of sp³-hybridized carbons (Fsp3) is 0.200. The van der Waals surface area contributed by atoms with Crippen molar-refractivity contribution in [3.63, 3.8) is 0 Å². The summed E-state index contributed by atoms with van der Waals surface area (Å²) in [6.07, 6.45) is 1.68. The Kier molecular flexibility index (Phi) is 6.54. The van der Waals surface area contributed by atoms with Gasteiger partial charge in [0.2, 0.25) is 0 Å². The Labute approximate surface area is 165 Å². The molecule has 0 saturated carbocycles. The first-order chi connectivity index (χ1) is 13.7. The van der Waals surface area contributed by atoms with Crippen molar-refractivity contribution in [3.8, 4) is 16.6 Å². The highest BCUT2D eigenvalue weighted by Gasteiger charge is 2.19. The molecule has 0 atom stereocenters. The molecule has 3 aromatic rings. The smallest absolute Gasteiger partial charge is 0.358 e. The van der Waals surface area contributed by atoms with Crippen LogP contribution >= 0.6 is 11.3 Å². The van der Waals surface area contributed by atoms with Crippen LogP contribution in [0.5, 0.6) is 0 Å². The summed E-state index contributed by atoms with van der Waals surface area (Å²) in [5.74, 6) is -0.479. The molecule has 7 nitrogen and oxygen atoms in total. The number of aromatic nitrogens is 1. The minimum Gasteiger partial charge on any atom is -0.467 e. The molecule has 0 radical (unpaired) electrons. The predicted octanol–water partition coefficient (Wildman–Crippen LogP) is 3.50. The highest BCUT2D eigenvalue weighted by Crippen LogP contribution is 2.23. The van der Waals surface area contributed by atoms with Gasteiger partial charge in [-0.05, 0) is 12.1 Å². The molecule has 1 aromatic carbocycles. The van der Waals surface area contributed by atoms with Crippen LogP contribution < -0.4 is 0 Å². The largest absolute Gasteiger partial charge is 0.467 e. The van der Waals surface area contributed by atoms with Crippen LogP contribution in [0.3, 0.4) is 0 Å². The van der Waals surface area contributed by atoms with Gasteiger partial charge in [0.15, 0.2) is 12.3 Å². The second-order valence-corrected chi connectivity index (χ2v) is 6.64. The highest BCUT2D eigenvalue weighted by molar-refractivity contribution is 7.13. The quantitative estimate of drug-likeness (QED) is 0.542. The van der Waals surface area contributed by atoms with Crippen LogP contribution in [0.15, 0.2) is 58.5 Å². The molecule has 0 aliphatic heterocycles. The molecular weight excluding hydrogens is 378 g/mol. The fourth-order valence-corrected chi connectivity index (χ4v) is 3.24. The van der Waals surface area contributed by atoms with E-state index in [1.165, 1.54) is 22.5 Å². The molecule has 1 amide bonds. The van der Waals surface area contributed by atoms with Crippen LogP contribution in [0.25, 0.3) is 10.6 Å². The summed E-state index contributed by atoms with van der Waals surface area (Å²) >= 11 is 1.33. The normalized spacial score (nSPS) is 10.2. The van der Waals surface area contributed by atoms with Crippen LogP contribution in [-0.2, 0) is 16.1 Å². The number of esters is 1. The molecule has 0 bridgehead atoms. The van der Waals surface area contributed by atoms with E-state index in [1.54, 1.807) is 17.5 Å². The van der Waals surface area contributed by atoms with E-state index < -0.39 is 18.5 Å². The van der Waals surface area contributed by atoms with E-state index in [0.29, 0.717) is 10.8 Å². The van der Waals surface area contributed by atoms with E-state index in [0.717, 1.165) is 5.56 Å². The van der Waals surface area contributed by atoms with E-state index in [-0.39, 0.29) is 25.2 Å². The fourth-order valence-electron chi connectivity index (χ4n) is 2.44. The van der Waals surface area contributed by atoms with E-state index in [4.69, 9.17) is 14.4 Å². The Morgan fingerprint density at radius 2 is 2.04 bits per heavy atom. The first kappa shape index (κ1) is 19.3. The van der Waals surface area contributed by atoms with E-state index in [9.17, 15) is 9.59 Å². The van der Waals surface area contributed by atoms with E-state index in [2.05, 4.69) is 4.98 Å². The van der Waals surface area contributed by atoms with Gasteiger partial charge in [0, 0.05) is 17.5 Å². The molecule has 0 spiro atoms. The number of benzene rings is 1. The summed E-state index contributed by atoms with van der Waals surface area (Å²) in [4.78, 5) is 30.3. The summed E-state index contributed by atoms with van der Waals surface area (Å²) in [6.45, 7) is 0.00548. The topological polar surface area (TPSA) is 96.4 Å². The van der Waals surface area contributed by atoms with Gasteiger partial charge in [0.25, 0.3) is 5.91 Å². The Hall–Kier alpha value is -3.44. The molecule has 0 aliphatic carbocycles. The lowest BCUT2D eigenvalue weighted by Crippen LogP contribution is -2.35. The summed E-state index contributed by atoms with van der Waals surface area (Å²) in [6, 6.07) is 14.9. The van der Waals surface area contributed by atoms with Gasteiger partial charge >= 0.3 is 5.97 Å². The number of nitriles is 1. The number of ether oxygens (including phenoxy) is 1. The zero-order chi connectivity index (χ0) is 19.8. The average Bonchev–Trinajstić information content (AvgIpc) is 3.41. The minimum absolute atomic E-state index is 0.159. The number of rotatable bonds is 8. The summed E-state index contributed by atoms with van der Waals surface area (Å²) < 4.78 is 10.4. The molecule has 2 aromatic heterocycles. The molecule has 8 heteroatoms. The molecule has 0 fully saturated rings. The third-order valence-corrected chi connectivity index (χ3v) is 4.73.